The highest BCUT2D eigenvalue weighted by Crippen LogP contribution is 2.52. The molecule has 6 atom stereocenters. The normalized spacial score (nSPS) is 32.6. The van der Waals surface area contributed by atoms with Crippen molar-refractivity contribution in [1.29, 1.82) is 5.26 Å². The molecule has 2 bridgehead atoms. The highest BCUT2D eigenvalue weighted by Gasteiger charge is 2.56. The zero-order valence-electron chi connectivity index (χ0n) is 30.1. The average molecular weight is 719 g/mol. The number of nitrogens with zero attached hydrogens (tertiary/aromatic N) is 8. The van der Waals surface area contributed by atoms with Crippen molar-refractivity contribution >= 4 is 40.4 Å². The van der Waals surface area contributed by atoms with Crippen molar-refractivity contribution in [2.45, 2.75) is 119 Å². The number of epoxide rings is 1. The fraction of sp³-hybridized carbons (Fsp3) is 0.703. The second-order valence-electron chi connectivity index (χ2n) is 16.7. The molecule has 8 heterocycles. The Morgan fingerprint density at radius 2 is 2.10 bits per heavy atom. The number of aryl methyl sites for hydroxylation is 1. The van der Waals surface area contributed by atoms with Gasteiger partial charge in [-0.3, -0.25) is 14.8 Å². The zero-order valence-corrected chi connectivity index (χ0v) is 30.9. The number of hydrogen-bond donors (Lipinski definition) is 1. The molecule has 2 aromatic rings. The topological polar surface area (TPSA) is 132 Å². The predicted octanol–water partition coefficient (Wildman–Crippen LogP) is 4.15. The van der Waals surface area contributed by atoms with Crippen molar-refractivity contribution in [3.8, 4) is 12.1 Å². The van der Waals surface area contributed by atoms with E-state index in [1.165, 1.54) is 4.88 Å². The van der Waals surface area contributed by atoms with Crippen LogP contribution >= 0.6 is 11.3 Å². The lowest BCUT2D eigenvalue weighted by Gasteiger charge is -2.53. The first-order valence-corrected chi connectivity index (χ1v) is 19.5. The molecule has 6 aliphatic heterocycles. The van der Waals surface area contributed by atoms with Crippen LogP contribution in [0.15, 0.2) is 4.99 Å². The fourth-order valence-corrected chi connectivity index (χ4v) is 11.3. The number of fused-ring (bicyclic) bond motifs is 5. The molecule has 1 spiro atoms. The molecule has 12 nitrogen and oxygen atoms in total. The Balaban J connectivity index is 1.06. The van der Waals surface area contributed by atoms with Crippen LogP contribution in [0.1, 0.15) is 87.3 Å². The molecular formula is C37H49FN9O3S+. The quantitative estimate of drug-likeness (QED) is 0.241. The molecule has 2 aromatic heterocycles. The van der Waals surface area contributed by atoms with E-state index in [0.717, 1.165) is 93.9 Å². The Hall–Kier alpha value is -3.22. The first-order valence-electron chi connectivity index (χ1n) is 18.6. The average Bonchev–Trinajstić information content (AvgIpc) is 3.26. The Kier molecular flexibility index (Phi) is 8.01. The van der Waals surface area contributed by atoms with Crippen LogP contribution in [0.25, 0.3) is 0 Å². The monoisotopic (exact) mass is 718 g/mol. The highest BCUT2D eigenvalue weighted by molar-refractivity contribution is 7.16. The molecule has 51 heavy (non-hydrogen) atoms. The first kappa shape index (κ1) is 33.6. The molecule has 0 saturated carbocycles. The maximum absolute atomic E-state index is 14.7. The van der Waals surface area contributed by atoms with E-state index < -0.39 is 6.17 Å². The number of alkyl halides is 1. The Labute approximate surface area is 303 Å². The van der Waals surface area contributed by atoms with Crippen LogP contribution in [-0.4, -0.2) is 125 Å². The summed E-state index contributed by atoms with van der Waals surface area (Å²) in [4.78, 5) is 23.0. The van der Waals surface area contributed by atoms with Crippen LogP contribution in [0.2, 0.25) is 0 Å². The predicted molar refractivity (Wildman–Crippen MR) is 193 cm³/mol. The van der Waals surface area contributed by atoms with Gasteiger partial charge < -0.3 is 24.8 Å². The van der Waals surface area contributed by atoms with Gasteiger partial charge in [-0.25, -0.2) is 8.97 Å². The van der Waals surface area contributed by atoms with Crippen LogP contribution in [-0.2, 0) is 21.3 Å². The minimum Gasteiger partial charge on any atom is -0.443 e. The van der Waals surface area contributed by atoms with Crippen LogP contribution < -0.4 is 15.4 Å². The molecule has 272 valence electrons. The van der Waals surface area contributed by atoms with Gasteiger partial charge in [-0.15, -0.1) is 11.3 Å². The van der Waals surface area contributed by atoms with Gasteiger partial charge in [-0.2, -0.15) is 10.2 Å². The van der Waals surface area contributed by atoms with E-state index >= 15 is 0 Å². The maximum Gasteiger partial charge on any atom is 0.435 e. The smallest absolute Gasteiger partial charge is 0.435 e. The van der Waals surface area contributed by atoms with Gasteiger partial charge in [0.1, 0.15) is 36.0 Å². The van der Waals surface area contributed by atoms with Crippen molar-refractivity contribution < 1.29 is 23.2 Å². The van der Waals surface area contributed by atoms with Gasteiger partial charge in [0.05, 0.1) is 35.0 Å². The molecule has 5 saturated heterocycles. The molecular weight excluding hydrogens is 670 g/mol. The third-order valence-electron chi connectivity index (χ3n) is 12.2. The van der Waals surface area contributed by atoms with Crippen molar-refractivity contribution in [1.82, 2.24) is 19.8 Å². The maximum atomic E-state index is 14.7. The third-order valence-corrected chi connectivity index (χ3v) is 13.3. The van der Waals surface area contributed by atoms with E-state index in [4.69, 9.17) is 29.9 Å². The van der Waals surface area contributed by atoms with Crippen molar-refractivity contribution in [3.63, 3.8) is 0 Å². The number of aliphatic imine (C=N–C) groups is 1. The summed E-state index contributed by atoms with van der Waals surface area (Å²) in [6.07, 6.45) is 10.6. The summed E-state index contributed by atoms with van der Waals surface area (Å²) in [5, 5.41) is 10.7. The van der Waals surface area contributed by atoms with E-state index in [2.05, 4.69) is 57.3 Å². The molecule has 1 aliphatic carbocycles. The van der Waals surface area contributed by atoms with Gasteiger partial charge in [0.2, 0.25) is 0 Å². The lowest BCUT2D eigenvalue weighted by Crippen LogP contribution is -2.61. The second-order valence-corrected chi connectivity index (χ2v) is 17.9. The first-order chi connectivity index (χ1) is 24.5. The van der Waals surface area contributed by atoms with Crippen LogP contribution in [0.3, 0.4) is 0 Å². The third kappa shape index (κ3) is 5.66. The molecule has 0 radical (unpaired) electrons. The minimum absolute atomic E-state index is 0.0434. The Bertz CT molecular complexity index is 1830. The number of aromatic nitrogens is 2. The molecule has 0 amide bonds. The van der Waals surface area contributed by atoms with E-state index in [-0.39, 0.29) is 41.2 Å². The van der Waals surface area contributed by atoms with Crippen LogP contribution in [0, 0.1) is 11.3 Å². The summed E-state index contributed by atoms with van der Waals surface area (Å²) in [5.74, 6) is 1.55. The molecule has 4 unspecified atom stereocenters. The number of nitrogens with two attached hydrogens (primary N) is 1. The largest absolute Gasteiger partial charge is 0.443 e. The standard InChI is InChI=1S/C37H49FN9O3S/c1-35(2,3)50-33-32(49-33)47-23-8-9-24(47)18-44(17-23)30-26(15-41-4)31(43-34(42-30)48-21-37-11-6-12-46(37)16-22(38)13-37)45-19-36(20-45)10-5-7-27-28(36)25(14-39)29(40)51-27/h15,17,22-24,32-33H,5-13,16,18-21,40H2,1-4H3/q+1/t22-,23?,24?,32?,33?,37+/m1/s1. The second kappa shape index (κ2) is 12.2. The lowest BCUT2D eigenvalue weighted by molar-refractivity contribution is -0.456. The van der Waals surface area contributed by atoms with E-state index in [1.54, 1.807) is 18.4 Å². The van der Waals surface area contributed by atoms with Crippen molar-refractivity contribution in [3.05, 3.63) is 21.6 Å². The van der Waals surface area contributed by atoms with E-state index in [1.807, 2.05) is 6.21 Å². The summed E-state index contributed by atoms with van der Waals surface area (Å²) >= 11 is 1.57. The van der Waals surface area contributed by atoms with Gasteiger partial charge in [0.15, 0.2) is 18.3 Å². The summed E-state index contributed by atoms with van der Waals surface area (Å²) in [7, 11) is 1.78. The molecule has 7 aliphatic rings. The molecule has 9 rings (SSSR count). The van der Waals surface area contributed by atoms with Crippen LogP contribution in [0.5, 0.6) is 6.01 Å². The van der Waals surface area contributed by atoms with E-state index in [0.29, 0.717) is 36.1 Å². The molecule has 5 fully saturated rings. The number of anilines is 2. The summed E-state index contributed by atoms with van der Waals surface area (Å²) in [6, 6.07) is 3.19. The summed E-state index contributed by atoms with van der Waals surface area (Å²) in [6.45, 7) is 10.1. The van der Waals surface area contributed by atoms with Crippen LogP contribution in [0.4, 0.5) is 21.0 Å². The lowest BCUT2D eigenvalue weighted by atomic mass is 9.66. The fourth-order valence-electron chi connectivity index (χ4n) is 10.1. The number of ether oxygens (including phenoxy) is 3. The summed E-state index contributed by atoms with van der Waals surface area (Å²) in [5.41, 5.74) is 8.28. The Morgan fingerprint density at radius 3 is 2.86 bits per heavy atom. The van der Waals surface area contributed by atoms with Gasteiger partial charge in [0.25, 0.3) is 0 Å². The van der Waals surface area contributed by atoms with Gasteiger partial charge in [-0.1, -0.05) is 0 Å². The van der Waals surface area contributed by atoms with Crippen molar-refractivity contribution in [2.24, 2.45) is 4.99 Å². The summed E-state index contributed by atoms with van der Waals surface area (Å²) < 4.78 is 35.7. The molecule has 0 aromatic carbocycles. The molecule has 14 heteroatoms. The number of nitriles is 1. The van der Waals surface area contributed by atoms with E-state index in [9.17, 15) is 9.65 Å². The van der Waals surface area contributed by atoms with Gasteiger partial charge >= 0.3 is 11.8 Å². The number of thiophene rings is 1. The van der Waals surface area contributed by atoms with Gasteiger partial charge in [0, 0.05) is 54.6 Å². The Morgan fingerprint density at radius 1 is 1.25 bits per heavy atom. The molecule has 2 N–H and O–H groups in total. The van der Waals surface area contributed by atoms with Crippen molar-refractivity contribution in [2.75, 3.05) is 57.0 Å². The number of hydrogen-bond acceptors (Lipinski definition) is 12. The van der Waals surface area contributed by atoms with Gasteiger partial charge in [-0.05, 0) is 77.8 Å². The highest BCUT2D eigenvalue weighted by atomic mass is 32.1. The number of rotatable bonds is 8. The zero-order chi connectivity index (χ0) is 35.3. The minimum atomic E-state index is -0.837. The number of nitrogen functional groups attached to an aromatic ring is 1. The number of halogens is 1. The SMILES string of the molecule is CN=Cc1c(N2CC3(CCCc4sc(N)c(C#N)c43)C2)nc(OC[C@@]23CCCN2C[C@H](F)C3)nc1[N+]1=CC2CCC(C1)N2C1OC1OC(C)(C)C.